The molecule has 0 bridgehead atoms. The lowest BCUT2D eigenvalue weighted by Crippen LogP contribution is -2.51. The van der Waals surface area contributed by atoms with Crippen LogP contribution in [0.3, 0.4) is 0 Å². The summed E-state index contributed by atoms with van der Waals surface area (Å²) in [4.78, 5) is 14.3. The summed E-state index contributed by atoms with van der Waals surface area (Å²) in [6.45, 7) is 11.1. The van der Waals surface area contributed by atoms with E-state index < -0.39 is 6.04 Å². The number of likely N-dealkylation sites (N-methyl/N-ethyl adjacent to an activating group) is 1. The average molecular weight is 241 g/mol. The first-order valence-electron chi connectivity index (χ1n) is 6.63. The van der Waals surface area contributed by atoms with Crippen LogP contribution in [0.1, 0.15) is 40.5 Å². The van der Waals surface area contributed by atoms with Crippen molar-refractivity contribution >= 4 is 5.91 Å². The van der Waals surface area contributed by atoms with Crippen molar-refractivity contribution in [2.75, 3.05) is 19.6 Å². The molecule has 1 amide bonds. The first-order valence-corrected chi connectivity index (χ1v) is 6.63. The van der Waals surface area contributed by atoms with Crippen LogP contribution in [0, 0.1) is 5.41 Å². The van der Waals surface area contributed by atoms with Gasteiger partial charge >= 0.3 is 0 Å². The minimum Gasteiger partial charge on any atom is -0.353 e. The molecule has 0 aromatic rings. The number of rotatable bonds is 4. The number of hydrogen-bond donors (Lipinski definition) is 2. The van der Waals surface area contributed by atoms with Gasteiger partial charge in [0, 0.05) is 12.6 Å². The first-order chi connectivity index (χ1) is 7.86. The van der Waals surface area contributed by atoms with Gasteiger partial charge in [-0.3, -0.25) is 9.69 Å². The third kappa shape index (κ3) is 3.96. The molecule has 2 atom stereocenters. The van der Waals surface area contributed by atoms with E-state index in [1.165, 1.54) is 12.8 Å². The summed E-state index contributed by atoms with van der Waals surface area (Å²) in [5.74, 6) is -0.0274. The fourth-order valence-electron chi connectivity index (χ4n) is 2.26. The van der Waals surface area contributed by atoms with Gasteiger partial charge in [0.1, 0.15) is 0 Å². The molecule has 0 saturated carbocycles. The third-order valence-electron chi connectivity index (χ3n) is 3.63. The highest BCUT2D eigenvalue weighted by Crippen LogP contribution is 2.18. The van der Waals surface area contributed by atoms with E-state index in [1.54, 1.807) is 0 Å². The van der Waals surface area contributed by atoms with E-state index in [-0.39, 0.29) is 11.3 Å². The Labute approximate surface area is 105 Å². The summed E-state index contributed by atoms with van der Waals surface area (Å²) in [6, 6.07) is 0.0649. The van der Waals surface area contributed by atoms with Crippen LogP contribution in [0.4, 0.5) is 0 Å². The zero-order valence-corrected chi connectivity index (χ0v) is 11.6. The predicted molar refractivity (Wildman–Crippen MR) is 70.7 cm³/mol. The summed E-state index contributed by atoms with van der Waals surface area (Å²) in [7, 11) is 0. The molecule has 4 nitrogen and oxygen atoms in total. The van der Waals surface area contributed by atoms with Crippen molar-refractivity contribution in [1.82, 2.24) is 10.2 Å². The van der Waals surface area contributed by atoms with Crippen molar-refractivity contribution in [3.8, 4) is 0 Å². The van der Waals surface area contributed by atoms with Crippen LogP contribution < -0.4 is 11.1 Å². The second-order valence-electron chi connectivity index (χ2n) is 6.01. The predicted octanol–water partition coefficient (Wildman–Crippen LogP) is 0.960. The summed E-state index contributed by atoms with van der Waals surface area (Å²) >= 11 is 0. The van der Waals surface area contributed by atoms with Crippen molar-refractivity contribution in [2.45, 2.75) is 52.6 Å². The largest absolute Gasteiger partial charge is 0.353 e. The van der Waals surface area contributed by atoms with Crippen molar-refractivity contribution in [2.24, 2.45) is 11.1 Å². The number of nitrogens with zero attached hydrogens (tertiary/aromatic N) is 1. The summed E-state index contributed by atoms with van der Waals surface area (Å²) in [6.07, 6.45) is 2.42. The Morgan fingerprint density at radius 1 is 1.53 bits per heavy atom. The number of carbonyl (C=O) groups is 1. The fraction of sp³-hybridized carbons (Fsp3) is 0.923. The standard InChI is InChI=1S/C13H27N3O/c1-5-16-8-6-7-10(16)9-15-12(17)11(14)13(2,3)4/h10-11H,5-9,14H2,1-4H3,(H,15,17). The van der Waals surface area contributed by atoms with Crippen LogP contribution in [0.15, 0.2) is 0 Å². The highest BCUT2D eigenvalue weighted by Gasteiger charge is 2.29. The Morgan fingerprint density at radius 3 is 2.71 bits per heavy atom. The van der Waals surface area contributed by atoms with Crippen molar-refractivity contribution < 1.29 is 4.79 Å². The maximum absolute atomic E-state index is 11.9. The molecule has 100 valence electrons. The third-order valence-corrected chi connectivity index (χ3v) is 3.63. The van der Waals surface area contributed by atoms with E-state index in [0.717, 1.165) is 19.6 Å². The Hall–Kier alpha value is -0.610. The Balaban J connectivity index is 2.38. The Bertz CT molecular complexity index is 260. The maximum atomic E-state index is 11.9. The van der Waals surface area contributed by atoms with Gasteiger partial charge in [-0.1, -0.05) is 27.7 Å². The maximum Gasteiger partial charge on any atom is 0.237 e. The van der Waals surface area contributed by atoms with Gasteiger partial charge in [0.2, 0.25) is 5.91 Å². The number of hydrogen-bond acceptors (Lipinski definition) is 3. The lowest BCUT2D eigenvalue weighted by Gasteiger charge is -2.28. The molecule has 0 aromatic heterocycles. The molecule has 0 radical (unpaired) electrons. The van der Waals surface area contributed by atoms with Crippen molar-refractivity contribution in [3.63, 3.8) is 0 Å². The average Bonchev–Trinajstić information content (AvgIpc) is 2.70. The van der Waals surface area contributed by atoms with Gasteiger partial charge in [-0.15, -0.1) is 0 Å². The van der Waals surface area contributed by atoms with Crippen LogP contribution in [0.5, 0.6) is 0 Å². The van der Waals surface area contributed by atoms with Gasteiger partial charge in [0.25, 0.3) is 0 Å². The van der Waals surface area contributed by atoms with Gasteiger partial charge in [-0.05, 0) is 31.3 Å². The highest BCUT2D eigenvalue weighted by molar-refractivity contribution is 5.82. The van der Waals surface area contributed by atoms with E-state index in [1.807, 2.05) is 20.8 Å². The number of nitrogens with two attached hydrogens (primary N) is 1. The Kier molecular flexibility index (Phi) is 4.95. The summed E-state index contributed by atoms with van der Waals surface area (Å²) in [5, 5.41) is 2.99. The SMILES string of the molecule is CCN1CCCC1CNC(=O)C(N)C(C)(C)C. The van der Waals surface area contributed by atoms with Crippen LogP contribution in [0.25, 0.3) is 0 Å². The van der Waals surface area contributed by atoms with E-state index in [0.29, 0.717) is 6.04 Å². The molecular weight excluding hydrogens is 214 g/mol. The molecule has 4 heteroatoms. The molecule has 1 heterocycles. The van der Waals surface area contributed by atoms with Gasteiger partial charge < -0.3 is 11.1 Å². The molecule has 0 aliphatic carbocycles. The lowest BCUT2D eigenvalue weighted by atomic mass is 9.87. The molecule has 3 N–H and O–H groups in total. The minimum atomic E-state index is -0.432. The molecule has 2 unspecified atom stereocenters. The fourth-order valence-corrected chi connectivity index (χ4v) is 2.26. The molecule has 1 rings (SSSR count). The van der Waals surface area contributed by atoms with E-state index in [2.05, 4.69) is 17.1 Å². The van der Waals surface area contributed by atoms with Crippen molar-refractivity contribution in [3.05, 3.63) is 0 Å². The molecule has 1 saturated heterocycles. The van der Waals surface area contributed by atoms with Crippen LogP contribution >= 0.6 is 0 Å². The van der Waals surface area contributed by atoms with E-state index >= 15 is 0 Å². The lowest BCUT2D eigenvalue weighted by molar-refractivity contribution is -0.124. The first kappa shape index (κ1) is 14.5. The number of carbonyl (C=O) groups excluding carboxylic acids is 1. The van der Waals surface area contributed by atoms with Crippen LogP contribution in [-0.4, -0.2) is 42.5 Å². The smallest absolute Gasteiger partial charge is 0.237 e. The second kappa shape index (κ2) is 5.83. The Morgan fingerprint density at radius 2 is 2.18 bits per heavy atom. The summed E-state index contributed by atoms with van der Waals surface area (Å²) < 4.78 is 0. The molecular formula is C13H27N3O. The zero-order chi connectivity index (χ0) is 13.1. The normalized spacial score (nSPS) is 23.7. The minimum absolute atomic E-state index is 0.0274. The van der Waals surface area contributed by atoms with Crippen LogP contribution in [-0.2, 0) is 4.79 Å². The quantitative estimate of drug-likeness (QED) is 0.771. The van der Waals surface area contributed by atoms with E-state index in [4.69, 9.17) is 5.73 Å². The van der Waals surface area contributed by atoms with Crippen LogP contribution in [0.2, 0.25) is 0 Å². The van der Waals surface area contributed by atoms with E-state index in [9.17, 15) is 4.79 Å². The molecule has 1 fully saturated rings. The van der Waals surface area contributed by atoms with Gasteiger partial charge in [-0.2, -0.15) is 0 Å². The van der Waals surface area contributed by atoms with Gasteiger partial charge in [-0.25, -0.2) is 0 Å². The topological polar surface area (TPSA) is 58.4 Å². The zero-order valence-electron chi connectivity index (χ0n) is 11.6. The molecule has 1 aliphatic heterocycles. The molecule has 17 heavy (non-hydrogen) atoms. The van der Waals surface area contributed by atoms with Crippen molar-refractivity contribution in [1.29, 1.82) is 0 Å². The number of amides is 1. The monoisotopic (exact) mass is 241 g/mol. The highest BCUT2D eigenvalue weighted by atomic mass is 16.2. The van der Waals surface area contributed by atoms with Gasteiger partial charge in [0.05, 0.1) is 6.04 Å². The molecule has 1 aliphatic rings. The number of likely N-dealkylation sites (tertiary alicyclic amines) is 1. The van der Waals surface area contributed by atoms with Gasteiger partial charge in [0.15, 0.2) is 0 Å². The second-order valence-corrected chi connectivity index (χ2v) is 6.01. The molecule has 0 aromatic carbocycles. The summed E-state index contributed by atoms with van der Waals surface area (Å²) in [5.41, 5.74) is 5.74. The molecule has 0 spiro atoms. The number of nitrogens with one attached hydrogen (secondary N) is 1.